The molecular formula is C12H15Cl2F2NO3. The molecule has 0 spiro atoms. The molecule has 0 aliphatic carbocycles. The molecule has 0 bridgehead atoms. The molecule has 0 aromatic heterocycles. The van der Waals surface area contributed by atoms with E-state index in [2.05, 4.69) is 5.32 Å². The molecule has 0 aliphatic heterocycles. The van der Waals surface area contributed by atoms with Crippen LogP contribution in [0, 0.1) is 0 Å². The molecular weight excluding hydrogens is 315 g/mol. The summed E-state index contributed by atoms with van der Waals surface area (Å²) in [6, 6.07) is 4.66. The average Bonchev–Trinajstić information content (AvgIpc) is 2.40. The number of benzene rings is 1. The number of hydrogen-bond donors (Lipinski definition) is 3. The number of alkyl halides is 2. The number of nitrogens with one attached hydrogen (secondary N) is 1. The van der Waals surface area contributed by atoms with E-state index in [0.717, 1.165) is 0 Å². The van der Waals surface area contributed by atoms with E-state index >= 15 is 0 Å². The molecule has 0 radical (unpaired) electrons. The second-order valence-electron chi connectivity index (χ2n) is 4.10. The third-order valence-electron chi connectivity index (χ3n) is 2.36. The summed E-state index contributed by atoms with van der Waals surface area (Å²) in [5.74, 6) is 0.436. The normalized spacial score (nSPS) is 14.3. The van der Waals surface area contributed by atoms with Crippen molar-refractivity contribution in [3.05, 3.63) is 28.2 Å². The van der Waals surface area contributed by atoms with Crippen LogP contribution in [-0.2, 0) is 0 Å². The van der Waals surface area contributed by atoms with E-state index in [0.29, 0.717) is 15.8 Å². The highest BCUT2D eigenvalue weighted by Crippen LogP contribution is 2.26. The molecule has 1 aromatic rings. The Labute approximate surface area is 125 Å². The number of hydrogen-bond acceptors (Lipinski definition) is 4. The van der Waals surface area contributed by atoms with E-state index in [1.165, 1.54) is 6.07 Å². The lowest BCUT2D eigenvalue weighted by atomic mass is 10.3. The van der Waals surface area contributed by atoms with Crippen LogP contribution < -0.4 is 10.1 Å². The lowest BCUT2D eigenvalue weighted by Crippen LogP contribution is -2.38. The molecule has 1 aromatic carbocycles. The maximum Gasteiger partial charge on any atom is 0.265 e. The van der Waals surface area contributed by atoms with Crippen molar-refractivity contribution in [3.63, 3.8) is 0 Å². The Hall–Kier alpha value is -0.660. The van der Waals surface area contributed by atoms with Gasteiger partial charge in [0, 0.05) is 19.2 Å². The topological polar surface area (TPSA) is 61.7 Å². The molecule has 20 heavy (non-hydrogen) atoms. The van der Waals surface area contributed by atoms with Crippen LogP contribution in [0.1, 0.15) is 0 Å². The van der Waals surface area contributed by atoms with Crippen LogP contribution in [0.3, 0.4) is 0 Å². The maximum absolute atomic E-state index is 12.0. The molecule has 0 amide bonds. The lowest BCUT2D eigenvalue weighted by Gasteiger charge is -2.15. The van der Waals surface area contributed by atoms with Crippen LogP contribution in [0.25, 0.3) is 0 Å². The van der Waals surface area contributed by atoms with Gasteiger partial charge in [0.15, 0.2) is 0 Å². The van der Waals surface area contributed by atoms with Gasteiger partial charge in [-0.05, 0) is 12.1 Å². The summed E-state index contributed by atoms with van der Waals surface area (Å²) in [7, 11) is 0. The number of aliphatic hydroxyl groups is 2. The third-order valence-corrected chi connectivity index (χ3v) is 3.10. The van der Waals surface area contributed by atoms with E-state index in [1.807, 2.05) is 0 Å². The van der Waals surface area contributed by atoms with Crippen LogP contribution in [0.5, 0.6) is 5.75 Å². The summed E-state index contributed by atoms with van der Waals surface area (Å²) in [6.07, 6.45) is -5.47. The van der Waals surface area contributed by atoms with Gasteiger partial charge >= 0.3 is 0 Å². The minimum Gasteiger partial charge on any atom is -0.491 e. The fourth-order valence-corrected chi connectivity index (χ4v) is 1.59. The molecule has 2 unspecified atom stereocenters. The largest absolute Gasteiger partial charge is 0.491 e. The van der Waals surface area contributed by atoms with Gasteiger partial charge in [-0.3, -0.25) is 0 Å². The molecule has 2 atom stereocenters. The monoisotopic (exact) mass is 329 g/mol. The van der Waals surface area contributed by atoms with Crippen molar-refractivity contribution in [2.24, 2.45) is 0 Å². The number of rotatable bonds is 8. The van der Waals surface area contributed by atoms with E-state index in [1.54, 1.807) is 12.1 Å². The van der Waals surface area contributed by atoms with Gasteiger partial charge in [0.05, 0.1) is 10.0 Å². The quantitative estimate of drug-likeness (QED) is 0.682. The van der Waals surface area contributed by atoms with Gasteiger partial charge in [-0.1, -0.05) is 23.2 Å². The second kappa shape index (κ2) is 8.59. The van der Waals surface area contributed by atoms with Crippen molar-refractivity contribution in [3.8, 4) is 5.75 Å². The standard InChI is InChI=1S/C12H15Cl2F2NO3/c13-9-2-1-8(3-10(9)14)20-6-7(18)4-17-5-11(19)12(15)16/h1-3,7,11-12,17-19H,4-6H2. The van der Waals surface area contributed by atoms with Gasteiger partial charge in [-0.15, -0.1) is 0 Å². The SMILES string of the molecule is OC(CNCC(O)C(F)F)COc1ccc(Cl)c(Cl)c1. The van der Waals surface area contributed by atoms with Crippen LogP contribution in [0.2, 0.25) is 10.0 Å². The van der Waals surface area contributed by atoms with E-state index in [4.69, 9.17) is 33.0 Å². The maximum atomic E-state index is 12.0. The fraction of sp³-hybridized carbons (Fsp3) is 0.500. The smallest absolute Gasteiger partial charge is 0.265 e. The van der Waals surface area contributed by atoms with Gasteiger partial charge in [0.25, 0.3) is 6.43 Å². The zero-order valence-electron chi connectivity index (χ0n) is 10.4. The molecule has 114 valence electrons. The predicted molar refractivity (Wildman–Crippen MR) is 72.8 cm³/mol. The molecule has 0 heterocycles. The first-order valence-electron chi connectivity index (χ1n) is 5.83. The zero-order valence-corrected chi connectivity index (χ0v) is 11.9. The number of halogens is 4. The van der Waals surface area contributed by atoms with Gasteiger partial charge in [0.2, 0.25) is 0 Å². The number of ether oxygens (including phenoxy) is 1. The highest BCUT2D eigenvalue weighted by atomic mass is 35.5. The van der Waals surface area contributed by atoms with Crippen molar-refractivity contribution in [2.75, 3.05) is 19.7 Å². The molecule has 4 nitrogen and oxygen atoms in total. The summed E-state index contributed by atoms with van der Waals surface area (Å²) in [5.41, 5.74) is 0. The van der Waals surface area contributed by atoms with Crippen LogP contribution >= 0.6 is 23.2 Å². The van der Waals surface area contributed by atoms with Crippen molar-refractivity contribution >= 4 is 23.2 Å². The molecule has 0 aliphatic rings. The van der Waals surface area contributed by atoms with Crippen LogP contribution in [0.4, 0.5) is 8.78 Å². The molecule has 3 N–H and O–H groups in total. The van der Waals surface area contributed by atoms with Crippen molar-refractivity contribution in [1.82, 2.24) is 5.32 Å². The Balaban J connectivity index is 2.25. The predicted octanol–water partition coefficient (Wildman–Crippen LogP) is 1.95. The molecule has 0 fully saturated rings. The second-order valence-corrected chi connectivity index (χ2v) is 4.92. The Morgan fingerprint density at radius 2 is 1.85 bits per heavy atom. The first-order chi connectivity index (χ1) is 9.40. The first kappa shape index (κ1) is 17.4. The van der Waals surface area contributed by atoms with Gasteiger partial charge in [-0.25, -0.2) is 8.78 Å². The van der Waals surface area contributed by atoms with E-state index < -0.39 is 18.6 Å². The molecule has 8 heteroatoms. The minimum atomic E-state index is -2.81. The Kier molecular flexibility index (Phi) is 7.47. The van der Waals surface area contributed by atoms with Crippen molar-refractivity contribution in [2.45, 2.75) is 18.6 Å². The van der Waals surface area contributed by atoms with E-state index in [9.17, 15) is 13.9 Å². The Morgan fingerprint density at radius 3 is 2.45 bits per heavy atom. The van der Waals surface area contributed by atoms with E-state index in [-0.39, 0.29) is 19.7 Å². The highest BCUT2D eigenvalue weighted by molar-refractivity contribution is 6.42. The van der Waals surface area contributed by atoms with Gasteiger partial charge < -0.3 is 20.3 Å². The number of aliphatic hydroxyl groups excluding tert-OH is 2. The van der Waals surface area contributed by atoms with Crippen LogP contribution in [0.15, 0.2) is 18.2 Å². The van der Waals surface area contributed by atoms with Crippen molar-refractivity contribution < 1.29 is 23.7 Å². The first-order valence-corrected chi connectivity index (χ1v) is 6.58. The minimum absolute atomic E-state index is 0.0190. The summed E-state index contributed by atoms with van der Waals surface area (Å²) in [5, 5.41) is 21.7. The summed E-state index contributed by atoms with van der Waals surface area (Å²) in [6.45, 7) is -0.331. The van der Waals surface area contributed by atoms with Gasteiger partial charge in [-0.2, -0.15) is 0 Å². The molecule has 1 rings (SSSR count). The summed E-state index contributed by atoms with van der Waals surface area (Å²) in [4.78, 5) is 0. The summed E-state index contributed by atoms with van der Waals surface area (Å²) < 4.78 is 29.2. The highest BCUT2D eigenvalue weighted by Gasteiger charge is 2.16. The lowest BCUT2D eigenvalue weighted by molar-refractivity contribution is -0.00529. The van der Waals surface area contributed by atoms with Gasteiger partial charge in [0.1, 0.15) is 24.6 Å². The third kappa shape index (κ3) is 6.19. The molecule has 0 saturated heterocycles. The van der Waals surface area contributed by atoms with Crippen LogP contribution in [-0.4, -0.2) is 48.5 Å². The average molecular weight is 330 g/mol. The zero-order chi connectivity index (χ0) is 15.1. The fourth-order valence-electron chi connectivity index (χ4n) is 1.30. The summed E-state index contributed by atoms with van der Waals surface area (Å²) >= 11 is 11.5. The Morgan fingerprint density at radius 1 is 1.15 bits per heavy atom. The Bertz CT molecular complexity index is 424. The van der Waals surface area contributed by atoms with Crippen molar-refractivity contribution in [1.29, 1.82) is 0 Å². The molecule has 0 saturated carbocycles.